The third kappa shape index (κ3) is 1.78. The summed E-state index contributed by atoms with van der Waals surface area (Å²) >= 11 is 0. The zero-order valence-electron chi connectivity index (χ0n) is 7.50. The largest absolute Gasteiger partial charge is 0.375 e. The third-order valence-corrected chi connectivity index (χ3v) is 2.21. The van der Waals surface area contributed by atoms with Crippen molar-refractivity contribution in [2.24, 2.45) is 0 Å². The number of rotatable bonds is 1. The monoisotopic (exact) mass is 198 g/mol. The fourth-order valence-corrected chi connectivity index (χ4v) is 1.48. The summed E-state index contributed by atoms with van der Waals surface area (Å²) in [5.74, 6) is -1.69. The van der Waals surface area contributed by atoms with E-state index in [2.05, 4.69) is 0 Å². The zero-order chi connectivity index (χ0) is 9.97. The van der Waals surface area contributed by atoms with Crippen LogP contribution in [0.5, 0.6) is 0 Å². The highest BCUT2D eigenvalue weighted by Gasteiger charge is 2.27. The molecule has 5 heteroatoms. The Balaban J connectivity index is 2.26. The summed E-state index contributed by atoms with van der Waals surface area (Å²) in [6, 6.07) is 4.06. The Morgan fingerprint density at radius 3 is 2.86 bits per heavy atom. The van der Waals surface area contributed by atoms with Gasteiger partial charge in [0, 0.05) is 0 Å². The van der Waals surface area contributed by atoms with Gasteiger partial charge in [-0.25, -0.2) is 8.78 Å². The highest BCUT2D eigenvalue weighted by atomic mass is 19.2. The standard InChI is InChI=1S/C9H9BF2O2/c11-8-4-1-3-7(9(8)12)10-5-2-6-13-14-10/h1,3-4H,2,5-6H2. The molecule has 0 N–H and O–H groups in total. The van der Waals surface area contributed by atoms with E-state index in [4.69, 9.17) is 9.69 Å². The molecule has 1 saturated heterocycles. The molecule has 1 aromatic carbocycles. The molecule has 2 rings (SSSR count). The maximum absolute atomic E-state index is 13.3. The molecule has 0 unspecified atom stereocenters. The van der Waals surface area contributed by atoms with Crippen molar-refractivity contribution < 1.29 is 18.5 Å². The third-order valence-electron chi connectivity index (χ3n) is 2.21. The summed E-state index contributed by atoms with van der Waals surface area (Å²) in [7, 11) is 0. The molecule has 14 heavy (non-hydrogen) atoms. The van der Waals surface area contributed by atoms with E-state index >= 15 is 0 Å². The van der Waals surface area contributed by atoms with Crippen LogP contribution in [0.15, 0.2) is 18.2 Å². The van der Waals surface area contributed by atoms with Crippen molar-refractivity contribution in [1.29, 1.82) is 0 Å². The second-order valence-corrected chi connectivity index (χ2v) is 3.19. The van der Waals surface area contributed by atoms with Crippen LogP contribution in [0.4, 0.5) is 8.78 Å². The highest BCUT2D eigenvalue weighted by Crippen LogP contribution is 2.11. The lowest BCUT2D eigenvalue weighted by Gasteiger charge is -2.18. The Morgan fingerprint density at radius 1 is 1.29 bits per heavy atom. The molecule has 1 aromatic rings. The van der Waals surface area contributed by atoms with Gasteiger partial charge in [-0.2, -0.15) is 0 Å². The van der Waals surface area contributed by atoms with Gasteiger partial charge in [-0.15, -0.1) is 0 Å². The van der Waals surface area contributed by atoms with Crippen molar-refractivity contribution in [3.63, 3.8) is 0 Å². The molecule has 1 aliphatic rings. The highest BCUT2D eigenvalue weighted by molar-refractivity contribution is 6.67. The molecule has 0 radical (unpaired) electrons. The SMILES string of the molecule is Fc1cccc(B2CCCOO2)c1F. The van der Waals surface area contributed by atoms with Gasteiger partial charge in [0.1, 0.15) is 0 Å². The van der Waals surface area contributed by atoms with E-state index in [1.54, 1.807) is 0 Å². The lowest BCUT2D eigenvalue weighted by atomic mass is 9.57. The number of benzene rings is 1. The molecule has 2 nitrogen and oxygen atoms in total. The van der Waals surface area contributed by atoms with Gasteiger partial charge in [-0.05, 0) is 24.3 Å². The summed E-state index contributed by atoms with van der Waals surface area (Å²) in [5, 5.41) is 0. The molecule has 1 heterocycles. The second-order valence-electron chi connectivity index (χ2n) is 3.19. The van der Waals surface area contributed by atoms with E-state index in [1.807, 2.05) is 0 Å². The van der Waals surface area contributed by atoms with Crippen LogP contribution in [0, 0.1) is 11.6 Å². The van der Waals surface area contributed by atoms with Gasteiger partial charge < -0.3 is 0 Å². The van der Waals surface area contributed by atoms with Crippen LogP contribution >= 0.6 is 0 Å². The molecule has 1 fully saturated rings. The van der Waals surface area contributed by atoms with Crippen LogP contribution in [0.2, 0.25) is 6.32 Å². The van der Waals surface area contributed by atoms with Crippen molar-refractivity contribution in [2.75, 3.05) is 6.61 Å². The summed E-state index contributed by atoms with van der Waals surface area (Å²) in [5.41, 5.74) is 0.227. The van der Waals surface area contributed by atoms with E-state index in [0.717, 1.165) is 12.5 Å². The molecular weight excluding hydrogens is 189 g/mol. The van der Waals surface area contributed by atoms with Crippen LogP contribution in [-0.2, 0) is 9.69 Å². The predicted octanol–water partition coefficient (Wildman–Crippen LogP) is 1.52. The zero-order valence-corrected chi connectivity index (χ0v) is 7.50. The van der Waals surface area contributed by atoms with Crippen LogP contribution in [0.1, 0.15) is 6.42 Å². The Bertz CT molecular complexity index is 327. The normalized spacial score (nSPS) is 17.1. The van der Waals surface area contributed by atoms with E-state index in [1.165, 1.54) is 12.1 Å². The van der Waals surface area contributed by atoms with Crippen LogP contribution in [0.3, 0.4) is 0 Å². The predicted molar refractivity (Wildman–Crippen MR) is 48.2 cm³/mol. The molecule has 0 amide bonds. The van der Waals surface area contributed by atoms with Gasteiger partial charge in [-0.1, -0.05) is 12.1 Å². The maximum Gasteiger partial charge on any atom is 0.375 e. The molecular formula is C9H9BF2O2. The number of hydrogen-bond acceptors (Lipinski definition) is 2. The molecule has 0 atom stereocenters. The first-order valence-corrected chi connectivity index (χ1v) is 4.51. The van der Waals surface area contributed by atoms with E-state index < -0.39 is 18.6 Å². The first-order valence-electron chi connectivity index (χ1n) is 4.51. The second kappa shape index (κ2) is 4.06. The summed E-state index contributed by atoms with van der Waals surface area (Å²) in [6.45, 7) is 0.0208. The molecule has 0 aliphatic carbocycles. The fraction of sp³-hybridized carbons (Fsp3) is 0.333. The topological polar surface area (TPSA) is 18.5 Å². The average Bonchev–Trinajstić information content (AvgIpc) is 2.23. The fourth-order valence-electron chi connectivity index (χ4n) is 1.48. The van der Waals surface area contributed by atoms with E-state index in [0.29, 0.717) is 12.9 Å². The minimum absolute atomic E-state index is 0.227. The Kier molecular flexibility index (Phi) is 2.79. The van der Waals surface area contributed by atoms with Crippen molar-refractivity contribution in [3.8, 4) is 0 Å². The lowest BCUT2D eigenvalue weighted by molar-refractivity contribution is -0.220. The minimum Gasteiger partial charge on any atom is -0.298 e. The van der Waals surface area contributed by atoms with Crippen molar-refractivity contribution in [3.05, 3.63) is 29.8 Å². The van der Waals surface area contributed by atoms with Gasteiger partial charge in [0.2, 0.25) is 0 Å². The number of halogens is 2. The molecule has 74 valence electrons. The molecule has 0 bridgehead atoms. The summed E-state index contributed by atoms with van der Waals surface area (Å²) in [4.78, 5) is 9.64. The van der Waals surface area contributed by atoms with E-state index in [9.17, 15) is 8.78 Å². The van der Waals surface area contributed by atoms with Gasteiger partial charge in [0.05, 0.1) is 6.61 Å². The number of hydrogen-bond donors (Lipinski definition) is 0. The summed E-state index contributed by atoms with van der Waals surface area (Å²) in [6.07, 6.45) is 1.45. The Hall–Kier alpha value is -0.935. The van der Waals surface area contributed by atoms with Gasteiger partial charge >= 0.3 is 6.92 Å². The van der Waals surface area contributed by atoms with Gasteiger partial charge in [-0.3, -0.25) is 9.69 Å². The van der Waals surface area contributed by atoms with Crippen LogP contribution in [0.25, 0.3) is 0 Å². The average molecular weight is 198 g/mol. The molecule has 0 aromatic heterocycles. The Labute approximate surface area is 80.9 Å². The van der Waals surface area contributed by atoms with E-state index in [-0.39, 0.29) is 5.46 Å². The lowest BCUT2D eigenvalue weighted by Crippen LogP contribution is -2.39. The van der Waals surface area contributed by atoms with Gasteiger partial charge in [0.15, 0.2) is 11.6 Å². The quantitative estimate of drug-likeness (QED) is 0.503. The van der Waals surface area contributed by atoms with Crippen molar-refractivity contribution >= 4 is 12.4 Å². The van der Waals surface area contributed by atoms with Gasteiger partial charge in [0.25, 0.3) is 0 Å². The summed E-state index contributed by atoms with van der Waals surface area (Å²) < 4.78 is 26.1. The Morgan fingerprint density at radius 2 is 2.14 bits per heavy atom. The first-order chi connectivity index (χ1) is 6.79. The minimum atomic E-state index is -0.850. The first kappa shape index (κ1) is 9.61. The molecule has 0 spiro atoms. The van der Waals surface area contributed by atoms with Crippen molar-refractivity contribution in [1.82, 2.24) is 0 Å². The molecule has 0 saturated carbocycles. The van der Waals surface area contributed by atoms with Crippen LogP contribution < -0.4 is 5.46 Å². The maximum atomic E-state index is 13.3. The van der Waals surface area contributed by atoms with Crippen LogP contribution in [-0.4, -0.2) is 13.5 Å². The smallest absolute Gasteiger partial charge is 0.298 e. The van der Waals surface area contributed by atoms with Crippen molar-refractivity contribution in [2.45, 2.75) is 12.7 Å². The molecule has 1 aliphatic heterocycles.